The van der Waals surface area contributed by atoms with E-state index in [1.165, 1.54) is 18.5 Å². The fraction of sp³-hybridized carbons (Fsp3) is 0.667. The van der Waals surface area contributed by atoms with Crippen molar-refractivity contribution in [2.75, 3.05) is 6.54 Å². The Balaban J connectivity index is 2.20. The third kappa shape index (κ3) is 2.66. The van der Waals surface area contributed by atoms with Crippen molar-refractivity contribution >= 4 is 0 Å². The third-order valence-corrected chi connectivity index (χ3v) is 2.06. The van der Waals surface area contributed by atoms with E-state index in [9.17, 15) is 0 Å². The summed E-state index contributed by atoms with van der Waals surface area (Å²) in [6.07, 6.45) is 6.55. The van der Waals surface area contributed by atoms with E-state index in [4.69, 9.17) is 5.73 Å². The lowest BCUT2D eigenvalue weighted by molar-refractivity contribution is 0.641. The fourth-order valence-corrected chi connectivity index (χ4v) is 1.27. The first kappa shape index (κ1) is 9.26. The minimum absolute atomic E-state index is 0.811. The quantitative estimate of drug-likeness (QED) is 0.667. The molecule has 0 aromatic carbocycles. The Morgan fingerprint density at radius 1 is 1.42 bits per heavy atom. The average molecular weight is 167 g/mol. The second-order valence-corrected chi connectivity index (χ2v) is 3.05. The third-order valence-electron chi connectivity index (χ3n) is 2.06. The molecule has 1 aromatic heterocycles. The van der Waals surface area contributed by atoms with Crippen molar-refractivity contribution in [2.24, 2.45) is 12.8 Å². The summed E-state index contributed by atoms with van der Waals surface area (Å²) in [4.78, 5) is 0. The van der Waals surface area contributed by atoms with E-state index in [-0.39, 0.29) is 0 Å². The molecule has 0 fully saturated rings. The monoisotopic (exact) mass is 167 g/mol. The highest BCUT2D eigenvalue weighted by molar-refractivity contribution is 4.99. The molecule has 2 N–H and O–H groups in total. The summed E-state index contributed by atoms with van der Waals surface area (Å²) in [6.45, 7) is 0.811. The van der Waals surface area contributed by atoms with Gasteiger partial charge in [-0.3, -0.25) is 4.68 Å². The van der Waals surface area contributed by atoms with Gasteiger partial charge in [0.25, 0.3) is 0 Å². The molecule has 0 bridgehead atoms. The van der Waals surface area contributed by atoms with E-state index in [2.05, 4.69) is 11.2 Å². The van der Waals surface area contributed by atoms with Crippen molar-refractivity contribution in [3.8, 4) is 0 Å². The molecule has 3 heteroatoms. The van der Waals surface area contributed by atoms with Gasteiger partial charge in [0.15, 0.2) is 0 Å². The Morgan fingerprint density at radius 2 is 2.25 bits per heavy atom. The van der Waals surface area contributed by atoms with E-state index in [0.29, 0.717) is 0 Å². The first-order valence-corrected chi connectivity index (χ1v) is 4.51. The van der Waals surface area contributed by atoms with Gasteiger partial charge in [-0.05, 0) is 31.9 Å². The van der Waals surface area contributed by atoms with Crippen LogP contribution in [0.4, 0.5) is 0 Å². The van der Waals surface area contributed by atoms with Crippen LogP contribution in [0.3, 0.4) is 0 Å². The van der Waals surface area contributed by atoms with Gasteiger partial charge in [0.2, 0.25) is 0 Å². The maximum atomic E-state index is 5.40. The van der Waals surface area contributed by atoms with Crippen LogP contribution in [0.25, 0.3) is 0 Å². The zero-order valence-corrected chi connectivity index (χ0v) is 7.66. The smallest absolute Gasteiger partial charge is 0.0492 e. The van der Waals surface area contributed by atoms with E-state index in [1.54, 1.807) is 0 Å². The van der Waals surface area contributed by atoms with E-state index in [1.807, 2.05) is 17.9 Å². The molecule has 0 aliphatic rings. The number of nitrogens with two attached hydrogens (primary N) is 1. The molecular weight excluding hydrogens is 150 g/mol. The van der Waals surface area contributed by atoms with Crippen molar-refractivity contribution in [1.82, 2.24) is 9.78 Å². The molecule has 1 aromatic rings. The predicted octanol–water partition coefficient (Wildman–Crippen LogP) is 1.09. The average Bonchev–Trinajstić information content (AvgIpc) is 2.46. The van der Waals surface area contributed by atoms with Crippen LogP contribution >= 0.6 is 0 Å². The number of aromatic nitrogens is 2. The van der Waals surface area contributed by atoms with Crippen LogP contribution in [0.1, 0.15) is 25.0 Å². The summed E-state index contributed by atoms with van der Waals surface area (Å²) in [5, 5.41) is 4.11. The van der Waals surface area contributed by atoms with Crippen LogP contribution in [0.5, 0.6) is 0 Å². The van der Waals surface area contributed by atoms with Gasteiger partial charge in [-0.1, -0.05) is 6.42 Å². The largest absolute Gasteiger partial charge is 0.330 e. The fourth-order valence-electron chi connectivity index (χ4n) is 1.27. The van der Waals surface area contributed by atoms with Crippen molar-refractivity contribution in [2.45, 2.75) is 25.7 Å². The molecule has 0 unspecified atom stereocenters. The molecule has 3 nitrogen and oxygen atoms in total. The van der Waals surface area contributed by atoms with Crippen molar-refractivity contribution in [1.29, 1.82) is 0 Å². The first-order valence-electron chi connectivity index (χ1n) is 4.51. The number of unbranched alkanes of at least 4 members (excludes halogenated alkanes) is 2. The van der Waals surface area contributed by atoms with Gasteiger partial charge < -0.3 is 5.73 Å². The lowest BCUT2D eigenvalue weighted by Gasteiger charge is -2.00. The number of hydrogen-bond donors (Lipinski definition) is 1. The van der Waals surface area contributed by atoms with Gasteiger partial charge in [-0.25, -0.2) is 0 Å². The van der Waals surface area contributed by atoms with E-state index >= 15 is 0 Å². The predicted molar refractivity (Wildman–Crippen MR) is 49.8 cm³/mol. The summed E-state index contributed by atoms with van der Waals surface area (Å²) < 4.78 is 1.93. The highest BCUT2D eigenvalue weighted by Crippen LogP contribution is 2.04. The highest BCUT2D eigenvalue weighted by Gasteiger charge is 1.96. The zero-order valence-electron chi connectivity index (χ0n) is 7.66. The number of aryl methyl sites for hydroxylation is 2. The molecular formula is C9H17N3. The maximum Gasteiger partial charge on any atom is 0.0492 e. The van der Waals surface area contributed by atoms with Crippen LogP contribution in [-0.4, -0.2) is 16.3 Å². The minimum Gasteiger partial charge on any atom is -0.330 e. The summed E-state index contributed by atoms with van der Waals surface area (Å²) >= 11 is 0. The molecule has 1 rings (SSSR count). The van der Waals surface area contributed by atoms with Gasteiger partial charge in [-0.15, -0.1) is 0 Å². The lowest BCUT2D eigenvalue weighted by Crippen LogP contribution is -2.00. The van der Waals surface area contributed by atoms with Crippen LogP contribution < -0.4 is 5.73 Å². The van der Waals surface area contributed by atoms with Gasteiger partial charge in [0.05, 0.1) is 0 Å². The van der Waals surface area contributed by atoms with Gasteiger partial charge in [0, 0.05) is 18.9 Å². The maximum absolute atomic E-state index is 5.40. The number of nitrogens with zero attached hydrogens (tertiary/aromatic N) is 2. The second-order valence-electron chi connectivity index (χ2n) is 3.05. The van der Waals surface area contributed by atoms with Crippen molar-refractivity contribution < 1.29 is 0 Å². The molecule has 0 atom stereocenters. The summed E-state index contributed by atoms with van der Waals surface area (Å²) in [7, 11) is 1.98. The Labute approximate surface area is 73.6 Å². The van der Waals surface area contributed by atoms with E-state index in [0.717, 1.165) is 19.4 Å². The Bertz CT molecular complexity index is 217. The molecule has 12 heavy (non-hydrogen) atoms. The van der Waals surface area contributed by atoms with Crippen molar-refractivity contribution in [3.05, 3.63) is 18.0 Å². The second kappa shape index (κ2) is 4.93. The number of rotatable bonds is 5. The van der Waals surface area contributed by atoms with E-state index < -0.39 is 0 Å². The Morgan fingerprint density at radius 3 is 2.83 bits per heavy atom. The lowest BCUT2D eigenvalue weighted by atomic mass is 10.1. The molecule has 0 spiro atoms. The first-order chi connectivity index (χ1) is 5.84. The Hall–Kier alpha value is -0.830. The molecule has 0 amide bonds. The van der Waals surface area contributed by atoms with Crippen LogP contribution in [0.15, 0.2) is 12.3 Å². The van der Waals surface area contributed by atoms with Crippen LogP contribution in [0.2, 0.25) is 0 Å². The summed E-state index contributed by atoms with van der Waals surface area (Å²) in [6, 6.07) is 2.07. The summed E-state index contributed by atoms with van der Waals surface area (Å²) in [5.74, 6) is 0. The topological polar surface area (TPSA) is 43.8 Å². The van der Waals surface area contributed by atoms with Gasteiger partial charge in [0.1, 0.15) is 0 Å². The molecule has 0 saturated carbocycles. The standard InChI is InChI=1S/C9H17N3/c1-12-9(6-8-11-12)5-3-2-4-7-10/h6,8H,2-5,7,10H2,1H3. The molecule has 1 heterocycles. The normalized spacial score (nSPS) is 10.5. The molecule has 0 aliphatic heterocycles. The SMILES string of the molecule is Cn1nccc1CCCCCN. The highest BCUT2D eigenvalue weighted by atomic mass is 15.2. The van der Waals surface area contributed by atoms with Gasteiger partial charge in [-0.2, -0.15) is 5.10 Å². The van der Waals surface area contributed by atoms with Crippen LogP contribution in [-0.2, 0) is 13.5 Å². The zero-order chi connectivity index (χ0) is 8.81. The van der Waals surface area contributed by atoms with Crippen molar-refractivity contribution in [3.63, 3.8) is 0 Å². The molecule has 0 saturated heterocycles. The Kier molecular flexibility index (Phi) is 3.80. The number of hydrogen-bond acceptors (Lipinski definition) is 2. The van der Waals surface area contributed by atoms with Crippen LogP contribution in [0, 0.1) is 0 Å². The van der Waals surface area contributed by atoms with Gasteiger partial charge >= 0.3 is 0 Å². The molecule has 0 aliphatic carbocycles. The minimum atomic E-state index is 0.811. The summed E-state index contributed by atoms with van der Waals surface area (Å²) in [5.41, 5.74) is 6.71. The molecule has 68 valence electrons. The molecule has 0 radical (unpaired) electrons.